The zero-order valence-corrected chi connectivity index (χ0v) is 19.0. The average Bonchev–Trinajstić information content (AvgIpc) is 2.99. The lowest BCUT2D eigenvalue weighted by atomic mass is 9.98. The Labute approximate surface area is 183 Å². The van der Waals surface area contributed by atoms with E-state index in [1.54, 1.807) is 4.90 Å². The van der Waals surface area contributed by atoms with E-state index in [1.807, 2.05) is 25.1 Å². The first-order chi connectivity index (χ1) is 14.7. The van der Waals surface area contributed by atoms with Gasteiger partial charge < -0.3 is 9.64 Å². The maximum absolute atomic E-state index is 13.1. The van der Waals surface area contributed by atoms with Crippen molar-refractivity contribution in [1.29, 1.82) is 0 Å². The van der Waals surface area contributed by atoms with Gasteiger partial charge in [-0.3, -0.25) is 4.79 Å². The molecule has 0 atom stereocenters. The SMILES string of the molecule is Cc1cc(OCC(=O)N2CCCN(S(=O)(=O)c3ccc(F)cc3)CC2)ccc1C(C)C. The summed E-state index contributed by atoms with van der Waals surface area (Å²) in [6.45, 7) is 7.43. The zero-order chi connectivity index (χ0) is 22.6. The largest absolute Gasteiger partial charge is 0.484 e. The molecule has 0 N–H and O–H groups in total. The van der Waals surface area contributed by atoms with Crippen LogP contribution in [0.1, 0.15) is 37.3 Å². The normalized spacial score (nSPS) is 15.7. The summed E-state index contributed by atoms with van der Waals surface area (Å²) in [5, 5.41) is 0. The van der Waals surface area contributed by atoms with Gasteiger partial charge in [0.2, 0.25) is 10.0 Å². The molecule has 0 aromatic heterocycles. The minimum atomic E-state index is -3.73. The zero-order valence-electron chi connectivity index (χ0n) is 18.2. The average molecular weight is 449 g/mol. The van der Waals surface area contributed by atoms with Gasteiger partial charge in [-0.15, -0.1) is 0 Å². The summed E-state index contributed by atoms with van der Waals surface area (Å²) in [6, 6.07) is 10.6. The van der Waals surface area contributed by atoms with E-state index in [9.17, 15) is 17.6 Å². The Morgan fingerprint density at radius 2 is 1.77 bits per heavy atom. The van der Waals surface area contributed by atoms with Crippen molar-refractivity contribution in [3.8, 4) is 5.75 Å². The van der Waals surface area contributed by atoms with Crippen LogP contribution in [0.3, 0.4) is 0 Å². The molecule has 1 fully saturated rings. The summed E-state index contributed by atoms with van der Waals surface area (Å²) in [4.78, 5) is 14.3. The number of rotatable bonds is 6. The molecule has 2 aromatic rings. The third-order valence-electron chi connectivity index (χ3n) is 5.48. The van der Waals surface area contributed by atoms with Gasteiger partial charge in [-0.25, -0.2) is 12.8 Å². The molecular formula is C23H29FN2O4S. The van der Waals surface area contributed by atoms with Crippen molar-refractivity contribution in [2.75, 3.05) is 32.8 Å². The molecule has 1 aliphatic rings. The second-order valence-electron chi connectivity index (χ2n) is 8.05. The molecule has 3 rings (SSSR count). The minimum absolute atomic E-state index is 0.0530. The lowest BCUT2D eigenvalue weighted by Crippen LogP contribution is -2.39. The maximum atomic E-state index is 13.1. The molecule has 0 spiro atoms. The molecule has 6 nitrogen and oxygen atoms in total. The molecule has 1 saturated heterocycles. The molecule has 2 aromatic carbocycles. The van der Waals surface area contributed by atoms with Crippen LogP contribution in [0.5, 0.6) is 5.75 Å². The van der Waals surface area contributed by atoms with Gasteiger partial charge in [0.1, 0.15) is 11.6 Å². The smallest absolute Gasteiger partial charge is 0.260 e. The molecule has 168 valence electrons. The van der Waals surface area contributed by atoms with Gasteiger partial charge in [0.05, 0.1) is 4.90 Å². The number of amides is 1. The van der Waals surface area contributed by atoms with Crippen LogP contribution < -0.4 is 4.74 Å². The van der Waals surface area contributed by atoms with Gasteiger partial charge in [-0.2, -0.15) is 4.31 Å². The highest BCUT2D eigenvalue weighted by Gasteiger charge is 2.28. The van der Waals surface area contributed by atoms with Crippen molar-refractivity contribution < 1.29 is 22.3 Å². The topological polar surface area (TPSA) is 66.9 Å². The Balaban J connectivity index is 1.58. The fourth-order valence-electron chi connectivity index (χ4n) is 3.76. The van der Waals surface area contributed by atoms with Crippen LogP contribution in [-0.4, -0.2) is 56.3 Å². The highest BCUT2D eigenvalue weighted by Crippen LogP contribution is 2.24. The summed E-state index contributed by atoms with van der Waals surface area (Å²) in [6.07, 6.45) is 0.522. The van der Waals surface area contributed by atoms with Gasteiger partial charge in [-0.1, -0.05) is 19.9 Å². The lowest BCUT2D eigenvalue weighted by Gasteiger charge is -2.22. The third-order valence-corrected chi connectivity index (χ3v) is 7.40. The maximum Gasteiger partial charge on any atom is 0.260 e. The van der Waals surface area contributed by atoms with E-state index < -0.39 is 15.8 Å². The number of carbonyl (C=O) groups is 1. The van der Waals surface area contributed by atoms with E-state index in [0.717, 1.165) is 17.7 Å². The molecule has 0 bridgehead atoms. The number of carbonyl (C=O) groups excluding carboxylic acids is 1. The number of nitrogens with zero attached hydrogens (tertiary/aromatic N) is 2. The van der Waals surface area contributed by atoms with Crippen molar-refractivity contribution in [1.82, 2.24) is 9.21 Å². The number of ether oxygens (including phenoxy) is 1. The first-order valence-corrected chi connectivity index (χ1v) is 11.9. The Kier molecular flexibility index (Phi) is 7.33. The van der Waals surface area contributed by atoms with Crippen molar-refractivity contribution in [2.45, 2.75) is 38.0 Å². The van der Waals surface area contributed by atoms with Crippen LogP contribution in [0.2, 0.25) is 0 Å². The first-order valence-electron chi connectivity index (χ1n) is 10.5. The standard InChI is InChI=1S/C23H29FN2O4S/c1-17(2)22-10-7-20(15-18(22)3)30-16-23(27)25-11-4-12-26(14-13-25)31(28,29)21-8-5-19(24)6-9-21/h5-10,15,17H,4,11-14,16H2,1-3H3. The summed E-state index contributed by atoms with van der Waals surface area (Å²) in [5.74, 6) is 0.403. The summed E-state index contributed by atoms with van der Waals surface area (Å²) in [5.41, 5.74) is 2.37. The van der Waals surface area contributed by atoms with Crippen LogP contribution >= 0.6 is 0 Å². The van der Waals surface area contributed by atoms with Crippen LogP contribution in [-0.2, 0) is 14.8 Å². The van der Waals surface area contributed by atoms with E-state index in [4.69, 9.17) is 4.74 Å². The predicted molar refractivity (Wildman–Crippen MR) is 117 cm³/mol. The van der Waals surface area contributed by atoms with Crippen LogP contribution in [0.4, 0.5) is 4.39 Å². The third kappa shape index (κ3) is 5.62. The van der Waals surface area contributed by atoms with Crippen molar-refractivity contribution in [3.63, 3.8) is 0 Å². The van der Waals surface area contributed by atoms with E-state index >= 15 is 0 Å². The predicted octanol–water partition coefficient (Wildman–Crippen LogP) is 3.56. The number of hydrogen-bond acceptors (Lipinski definition) is 4. The van der Waals surface area contributed by atoms with Crippen molar-refractivity contribution in [3.05, 3.63) is 59.4 Å². The molecule has 1 aliphatic heterocycles. The lowest BCUT2D eigenvalue weighted by molar-refractivity contribution is -0.133. The monoisotopic (exact) mass is 448 g/mol. The van der Waals surface area contributed by atoms with Crippen LogP contribution in [0.25, 0.3) is 0 Å². The molecule has 1 heterocycles. The van der Waals surface area contributed by atoms with Crippen molar-refractivity contribution in [2.24, 2.45) is 0 Å². The molecule has 31 heavy (non-hydrogen) atoms. The van der Waals surface area contributed by atoms with Gasteiger partial charge in [0.25, 0.3) is 5.91 Å². The summed E-state index contributed by atoms with van der Waals surface area (Å²) in [7, 11) is -3.73. The first kappa shape index (κ1) is 23.2. The van der Waals surface area contributed by atoms with Gasteiger partial charge in [0, 0.05) is 26.2 Å². The second kappa shape index (κ2) is 9.78. The Hall–Kier alpha value is -2.45. The van der Waals surface area contributed by atoms with E-state index in [-0.39, 0.29) is 30.5 Å². The van der Waals surface area contributed by atoms with E-state index in [2.05, 4.69) is 13.8 Å². The molecule has 0 saturated carbocycles. The van der Waals surface area contributed by atoms with Gasteiger partial charge >= 0.3 is 0 Å². The summed E-state index contributed by atoms with van der Waals surface area (Å²) >= 11 is 0. The molecule has 8 heteroatoms. The van der Waals surface area contributed by atoms with Crippen LogP contribution in [0, 0.1) is 12.7 Å². The molecule has 1 amide bonds. The highest BCUT2D eigenvalue weighted by molar-refractivity contribution is 7.89. The van der Waals surface area contributed by atoms with E-state index in [0.29, 0.717) is 31.2 Å². The number of sulfonamides is 1. The fraction of sp³-hybridized carbons (Fsp3) is 0.435. The molecule has 0 radical (unpaired) electrons. The van der Waals surface area contributed by atoms with Crippen molar-refractivity contribution >= 4 is 15.9 Å². The Morgan fingerprint density at radius 3 is 2.42 bits per heavy atom. The summed E-state index contributed by atoms with van der Waals surface area (Å²) < 4.78 is 45.8. The number of aryl methyl sites for hydroxylation is 1. The minimum Gasteiger partial charge on any atom is -0.484 e. The highest BCUT2D eigenvalue weighted by atomic mass is 32.2. The molecule has 0 aliphatic carbocycles. The Morgan fingerprint density at radius 1 is 1.06 bits per heavy atom. The quantitative estimate of drug-likeness (QED) is 0.678. The number of hydrogen-bond donors (Lipinski definition) is 0. The molecule has 0 unspecified atom stereocenters. The molecular weight excluding hydrogens is 419 g/mol. The second-order valence-corrected chi connectivity index (χ2v) is 9.99. The van der Waals surface area contributed by atoms with Crippen LogP contribution in [0.15, 0.2) is 47.4 Å². The number of benzene rings is 2. The van der Waals surface area contributed by atoms with Gasteiger partial charge in [0.15, 0.2) is 6.61 Å². The number of halogens is 1. The van der Waals surface area contributed by atoms with Gasteiger partial charge in [-0.05, 0) is 66.8 Å². The van der Waals surface area contributed by atoms with E-state index in [1.165, 1.54) is 22.0 Å². The Bertz CT molecular complexity index is 1020. The fourth-order valence-corrected chi connectivity index (χ4v) is 5.23.